The third kappa shape index (κ3) is 3.18. The molecule has 1 fully saturated rings. The first-order chi connectivity index (χ1) is 9.24. The molecule has 0 heterocycles. The third-order valence-corrected chi connectivity index (χ3v) is 5.57. The van der Waals surface area contributed by atoms with Crippen molar-refractivity contribution in [3.63, 3.8) is 0 Å². The Hall–Kier alpha value is -0.990. The van der Waals surface area contributed by atoms with Crippen LogP contribution in [0.15, 0.2) is 27.6 Å². The number of carboxylic acid groups (broad SMARTS) is 1. The zero-order chi connectivity index (χ0) is 15.0. The zero-order valence-electron chi connectivity index (χ0n) is 10.4. The number of hydrogen-bond acceptors (Lipinski definition) is 3. The number of rotatable bonds is 5. The van der Waals surface area contributed by atoms with Crippen LogP contribution in [-0.4, -0.2) is 25.0 Å². The predicted molar refractivity (Wildman–Crippen MR) is 73.3 cm³/mol. The van der Waals surface area contributed by atoms with E-state index >= 15 is 0 Å². The van der Waals surface area contributed by atoms with Crippen molar-refractivity contribution < 1.29 is 22.7 Å². The largest absolute Gasteiger partial charge is 0.481 e. The monoisotopic (exact) mass is 365 g/mol. The number of aliphatic carboxylic acids is 1. The molecule has 110 valence electrons. The molecular weight excluding hydrogens is 353 g/mol. The van der Waals surface area contributed by atoms with E-state index in [2.05, 4.69) is 20.7 Å². The van der Waals surface area contributed by atoms with E-state index in [1.54, 1.807) is 0 Å². The molecule has 1 aromatic rings. The van der Waals surface area contributed by atoms with Crippen LogP contribution in [0.5, 0.6) is 0 Å². The van der Waals surface area contributed by atoms with Crippen molar-refractivity contribution in [3.05, 3.63) is 28.5 Å². The molecule has 5 nitrogen and oxygen atoms in total. The van der Waals surface area contributed by atoms with E-state index in [1.807, 2.05) is 0 Å². The van der Waals surface area contributed by atoms with Gasteiger partial charge in [0.15, 0.2) is 0 Å². The summed E-state index contributed by atoms with van der Waals surface area (Å²) in [5.41, 5.74) is -0.950. The molecule has 2 N–H and O–H groups in total. The smallest absolute Gasteiger partial charge is 0.305 e. The molecule has 0 aliphatic heterocycles. The van der Waals surface area contributed by atoms with Crippen molar-refractivity contribution in [2.45, 2.75) is 36.1 Å². The van der Waals surface area contributed by atoms with Gasteiger partial charge in [0.25, 0.3) is 0 Å². The molecule has 8 heteroatoms. The van der Waals surface area contributed by atoms with Crippen LogP contribution in [0.4, 0.5) is 4.39 Å². The Bertz CT molecular complexity index is 643. The standard InChI is InChI=1S/C12H13BrFNO4S/c13-9-3-2-8(6-10(9)14)20(18,19)15-12(4-1-5-12)7-11(16)17/h2-3,6,15H,1,4-5,7H2,(H,16,17). The Labute approximate surface area is 124 Å². The number of nitrogens with one attached hydrogen (secondary N) is 1. The molecule has 1 aromatic carbocycles. The molecule has 0 unspecified atom stereocenters. The molecule has 2 rings (SSSR count). The van der Waals surface area contributed by atoms with Crippen molar-refractivity contribution in [1.29, 1.82) is 0 Å². The maximum Gasteiger partial charge on any atom is 0.305 e. The molecule has 1 saturated carbocycles. The second-order valence-electron chi connectivity index (χ2n) is 4.89. The fourth-order valence-corrected chi connectivity index (χ4v) is 3.91. The van der Waals surface area contributed by atoms with Crippen LogP contribution in [0.2, 0.25) is 0 Å². The number of carboxylic acids is 1. The van der Waals surface area contributed by atoms with E-state index < -0.39 is 27.3 Å². The molecule has 0 atom stereocenters. The summed E-state index contributed by atoms with van der Waals surface area (Å²) >= 11 is 2.95. The number of benzene rings is 1. The highest BCUT2D eigenvalue weighted by molar-refractivity contribution is 9.10. The second kappa shape index (κ2) is 5.42. The van der Waals surface area contributed by atoms with Gasteiger partial charge in [-0.2, -0.15) is 0 Å². The Balaban J connectivity index is 2.26. The minimum atomic E-state index is -3.94. The first kappa shape index (κ1) is 15.4. The molecule has 0 saturated heterocycles. The molecule has 1 aliphatic carbocycles. The van der Waals surface area contributed by atoms with Gasteiger partial charge >= 0.3 is 5.97 Å². The first-order valence-electron chi connectivity index (χ1n) is 5.95. The zero-order valence-corrected chi connectivity index (χ0v) is 12.8. The van der Waals surface area contributed by atoms with Gasteiger partial charge in [0.2, 0.25) is 10.0 Å². The normalized spacial score (nSPS) is 17.5. The topological polar surface area (TPSA) is 83.5 Å². The third-order valence-electron chi connectivity index (χ3n) is 3.35. The highest BCUT2D eigenvalue weighted by Gasteiger charge is 2.42. The van der Waals surface area contributed by atoms with E-state index in [-0.39, 0.29) is 15.8 Å². The second-order valence-corrected chi connectivity index (χ2v) is 7.42. The summed E-state index contributed by atoms with van der Waals surface area (Å²) in [6.07, 6.45) is 1.44. The quantitative estimate of drug-likeness (QED) is 0.838. The summed E-state index contributed by atoms with van der Waals surface area (Å²) in [7, 11) is -3.94. The first-order valence-corrected chi connectivity index (χ1v) is 8.23. The van der Waals surface area contributed by atoms with Crippen molar-refractivity contribution in [1.82, 2.24) is 4.72 Å². The average Bonchev–Trinajstić information content (AvgIpc) is 2.28. The van der Waals surface area contributed by atoms with Gasteiger partial charge in [-0.15, -0.1) is 0 Å². The van der Waals surface area contributed by atoms with E-state index in [9.17, 15) is 17.6 Å². The van der Waals surface area contributed by atoms with E-state index in [1.165, 1.54) is 12.1 Å². The summed E-state index contributed by atoms with van der Waals surface area (Å²) in [4.78, 5) is 10.6. The van der Waals surface area contributed by atoms with Crippen molar-refractivity contribution >= 4 is 31.9 Å². The number of halogens is 2. The van der Waals surface area contributed by atoms with Crippen LogP contribution in [0, 0.1) is 5.82 Å². The Morgan fingerprint density at radius 1 is 1.45 bits per heavy atom. The summed E-state index contributed by atoms with van der Waals surface area (Å²) < 4.78 is 40.4. The van der Waals surface area contributed by atoms with E-state index in [0.29, 0.717) is 12.8 Å². The predicted octanol–water partition coefficient (Wildman–Crippen LogP) is 2.26. The van der Waals surface area contributed by atoms with E-state index in [0.717, 1.165) is 12.5 Å². The lowest BCUT2D eigenvalue weighted by Gasteiger charge is -2.40. The fourth-order valence-electron chi connectivity index (χ4n) is 2.20. The SMILES string of the molecule is O=C(O)CC1(NS(=O)(=O)c2ccc(Br)c(F)c2)CCC1. The highest BCUT2D eigenvalue weighted by atomic mass is 79.9. The summed E-state index contributed by atoms with van der Waals surface area (Å²) in [6.45, 7) is 0. The molecule has 0 bridgehead atoms. The van der Waals surface area contributed by atoms with Crippen molar-refractivity contribution in [2.75, 3.05) is 0 Å². The Morgan fingerprint density at radius 3 is 2.55 bits per heavy atom. The molecule has 1 aliphatic rings. The molecular formula is C12H13BrFNO4S. The van der Waals surface area contributed by atoms with Crippen LogP contribution in [-0.2, 0) is 14.8 Å². The minimum Gasteiger partial charge on any atom is -0.481 e. The lowest BCUT2D eigenvalue weighted by atomic mass is 9.75. The average molecular weight is 366 g/mol. The summed E-state index contributed by atoms with van der Waals surface area (Å²) in [5, 5.41) is 8.86. The molecule has 0 amide bonds. The minimum absolute atomic E-state index is 0.167. The van der Waals surface area contributed by atoms with Crippen LogP contribution >= 0.6 is 15.9 Å². The van der Waals surface area contributed by atoms with Gasteiger partial charge in [0.05, 0.1) is 15.8 Å². The molecule has 0 spiro atoms. The fraction of sp³-hybridized carbons (Fsp3) is 0.417. The van der Waals surface area contributed by atoms with Crippen molar-refractivity contribution in [3.8, 4) is 0 Å². The molecule has 0 radical (unpaired) electrons. The lowest BCUT2D eigenvalue weighted by Crippen LogP contribution is -2.54. The van der Waals surface area contributed by atoms with Crippen LogP contribution < -0.4 is 4.72 Å². The van der Waals surface area contributed by atoms with Crippen molar-refractivity contribution in [2.24, 2.45) is 0 Å². The summed E-state index contributed by atoms with van der Waals surface area (Å²) in [5.74, 6) is -1.75. The van der Waals surface area contributed by atoms with Gasteiger partial charge < -0.3 is 5.11 Å². The van der Waals surface area contributed by atoms with Gasteiger partial charge in [0, 0.05) is 5.54 Å². The van der Waals surface area contributed by atoms with Gasteiger partial charge in [-0.25, -0.2) is 17.5 Å². The van der Waals surface area contributed by atoms with Gasteiger partial charge in [-0.05, 0) is 53.4 Å². The van der Waals surface area contributed by atoms with Gasteiger partial charge in [-0.1, -0.05) is 0 Å². The Morgan fingerprint density at radius 2 is 2.10 bits per heavy atom. The van der Waals surface area contributed by atoms with E-state index in [4.69, 9.17) is 5.11 Å². The number of sulfonamides is 1. The lowest BCUT2D eigenvalue weighted by molar-refractivity contribution is -0.139. The maximum absolute atomic E-state index is 13.4. The highest BCUT2D eigenvalue weighted by Crippen LogP contribution is 2.36. The van der Waals surface area contributed by atoms with Crippen LogP contribution in [0.25, 0.3) is 0 Å². The number of hydrogen-bond donors (Lipinski definition) is 2. The number of carbonyl (C=O) groups is 1. The van der Waals surface area contributed by atoms with Crippen LogP contribution in [0.1, 0.15) is 25.7 Å². The molecule has 20 heavy (non-hydrogen) atoms. The van der Waals surface area contributed by atoms with Gasteiger partial charge in [-0.3, -0.25) is 4.79 Å². The van der Waals surface area contributed by atoms with Gasteiger partial charge in [0.1, 0.15) is 5.82 Å². The Kier molecular flexibility index (Phi) is 4.17. The maximum atomic E-state index is 13.4. The summed E-state index contributed by atoms with van der Waals surface area (Å²) in [6, 6.07) is 3.47. The molecule has 0 aromatic heterocycles. The van der Waals surface area contributed by atoms with Crippen LogP contribution in [0.3, 0.4) is 0 Å².